The Hall–Kier alpha value is -1.31. The smallest absolute Gasteiger partial charge is 0.261 e. The van der Waals surface area contributed by atoms with Gasteiger partial charge in [0.15, 0.2) is 0 Å². The molecule has 3 N–H and O–H groups in total. The summed E-state index contributed by atoms with van der Waals surface area (Å²) in [5, 5.41) is 2.98. The van der Waals surface area contributed by atoms with E-state index >= 15 is 0 Å². The van der Waals surface area contributed by atoms with E-state index in [1.165, 1.54) is 30.6 Å². The van der Waals surface area contributed by atoms with Gasteiger partial charge in [0, 0.05) is 6.54 Å². The summed E-state index contributed by atoms with van der Waals surface area (Å²) in [5.74, 6) is 6.78. The van der Waals surface area contributed by atoms with Crippen LogP contribution in [0.2, 0.25) is 0 Å². The number of carbonyl (C=O) groups excluding carboxylic acids is 1. The molecule has 1 amide bonds. The van der Waals surface area contributed by atoms with Gasteiger partial charge < -0.3 is 11.1 Å². The van der Waals surface area contributed by atoms with Crippen molar-refractivity contribution in [1.82, 2.24) is 5.32 Å². The molecule has 0 spiro atoms. The second-order valence-corrected chi connectivity index (χ2v) is 6.02. The Bertz CT molecular complexity index is 506. The third kappa shape index (κ3) is 4.38. The minimum absolute atomic E-state index is 0.0182. The molecule has 102 valence electrons. The van der Waals surface area contributed by atoms with Crippen LogP contribution in [-0.2, 0) is 0 Å². The van der Waals surface area contributed by atoms with Crippen LogP contribution in [0.15, 0.2) is 6.07 Å². The quantitative estimate of drug-likeness (QED) is 0.640. The normalized spacial score (nSPS) is 13.8. The van der Waals surface area contributed by atoms with Gasteiger partial charge in [0.05, 0.1) is 16.3 Å². The van der Waals surface area contributed by atoms with Crippen LogP contribution in [-0.4, -0.2) is 19.0 Å². The first-order valence-electron chi connectivity index (χ1n) is 6.78. The topological polar surface area (TPSA) is 55.1 Å². The maximum Gasteiger partial charge on any atom is 0.261 e. The summed E-state index contributed by atoms with van der Waals surface area (Å²) in [4.78, 5) is 13.7. The summed E-state index contributed by atoms with van der Waals surface area (Å²) in [6.45, 7) is 3.09. The van der Waals surface area contributed by atoms with Gasteiger partial charge in [-0.2, -0.15) is 0 Å². The van der Waals surface area contributed by atoms with E-state index in [9.17, 15) is 4.79 Å². The highest BCUT2D eigenvalue weighted by Crippen LogP contribution is 2.33. The molecule has 0 saturated heterocycles. The summed E-state index contributed by atoms with van der Waals surface area (Å²) in [6, 6.07) is 1.90. The van der Waals surface area contributed by atoms with Crippen LogP contribution in [0.25, 0.3) is 0 Å². The maximum atomic E-state index is 12.0. The minimum Gasteiger partial charge on any atom is -0.351 e. The van der Waals surface area contributed by atoms with Gasteiger partial charge in [-0.1, -0.05) is 24.7 Å². The Balaban J connectivity index is 1.83. The van der Waals surface area contributed by atoms with Crippen molar-refractivity contribution in [3.05, 3.63) is 21.4 Å². The van der Waals surface area contributed by atoms with Crippen molar-refractivity contribution in [3.63, 3.8) is 0 Å². The number of amides is 1. The van der Waals surface area contributed by atoms with E-state index in [4.69, 9.17) is 5.73 Å². The third-order valence-corrected chi connectivity index (χ3v) is 4.37. The zero-order valence-corrected chi connectivity index (χ0v) is 12.1. The molecule has 1 aliphatic carbocycles. The number of hydrogen-bond acceptors (Lipinski definition) is 3. The highest BCUT2D eigenvalue weighted by Gasteiger charge is 2.20. The molecule has 1 aliphatic rings. The number of nitrogens with two attached hydrogens (primary N) is 1. The molecule has 1 aromatic rings. The van der Waals surface area contributed by atoms with E-state index in [1.54, 1.807) is 0 Å². The second kappa shape index (κ2) is 6.74. The number of thiophene rings is 1. The first-order chi connectivity index (χ1) is 9.20. The standard InChI is InChI=1S/C15H20N2OS/c1-11-10-14(19-13(11)5-2-8-16)15(18)17-9-3-4-12-6-7-12/h10,12H,3-4,6-9,16H2,1H3,(H,17,18). The molecule has 0 aromatic carbocycles. The molecular weight excluding hydrogens is 256 g/mol. The number of aryl methyl sites for hydroxylation is 1. The molecule has 0 unspecified atom stereocenters. The average molecular weight is 276 g/mol. The fraction of sp³-hybridized carbons (Fsp3) is 0.533. The molecule has 0 radical (unpaired) electrons. The monoisotopic (exact) mass is 276 g/mol. The maximum absolute atomic E-state index is 12.0. The third-order valence-electron chi connectivity index (χ3n) is 3.22. The number of hydrogen-bond donors (Lipinski definition) is 2. The Morgan fingerprint density at radius 1 is 1.58 bits per heavy atom. The Labute approximate surface area is 118 Å². The van der Waals surface area contributed by atoms with Crippen LogP contribution in [0.5, 0.6) is 0 Å². The molecule has 0 bridgehead atoms. The predicted octanol–water partition coefficient (Wildman–Crippen LogP) is 2.29. The fourth-order valence-electron chi connectivity index (χ4n) is 1.94. The van der Waals surface area contributed by atoms with E-state index in [2.05, 4.69) is 17.2 Å². The lowest BCUT2D eigenvalue weighted by molar-refractivity contribution is 0.0957. The Kier molecular flexibility index (Phi) is 5.00. The van der Waals surface area contributed by atoms with Crippen LogP contribution in [0.1, 0.15) is 45.8 Å². The van der Waals surface area contributed by atoms with Gasteiger partial charge in [0.1, 0.15) is 0 Å². The lowest BCUT2D eigenvalue weighted by Gasteiger charge is -2.02. The number of nitrogens with one attached hydrogen (secondary N) is 1. The van der Waals surface area contributed by atoms with Gasteiger partial charge in [0.25, 0.3) is 5.91 Å². The Morgan fingerprint density at radius 3 is 3.05 bits per heavy atom. The largest absolute Gasteiger partial charge is 0.351 e. The summed E-state index contributed by atoms with van der Waals surface area (Å²) in [5.41, 5.74) is 6.41. The number of rotatable bonds is 5. The molecule has 0 atom stereocenters. The average Bonchev–Trinajstić information content (AvgIpc) is 3.15. The molecule has 1 fully saturated rings. The van der Waals surface area contributed by atoms with Crippen molar-refractivity contribution in [3.8, 4) is 11.8 Å². The van der Waals surface area contributed by atoms with Crippen molar-refractivity contribution in [2.24, 2.45) is 11.7 Å². The molecule has 2 rings (SSSR count). The van der Waals surface area contributed by atoms with E-state index in [0.29, 0.717) is 6.54 Å². The lowest BCUT2D eigenvalue weighted by atomic mass is 10.2. The molecule has 3 nitrogen and oxygen atoms in total. The summed E-state index contributed by atoms with van der Waals surface area (Å²) in [6.07, 6.45) is 5.08. The molecule has 1 saturated carbocycles. The highest BCUT2D eigenvalue weighted by molar-refractivity contribution is 7.14. The van der Waals surface area contributed by atoms with Crippen molar-refractivity contribution in [1.29, 1.82) is 0 Å². The SMILES string of the molecule is Cc1cc(C(=O)NCCCC2CC2)sc1C#CCN. The van der Waals surface area contributed by atoms with Crippen molar-refractivity contribution >= 4 is 17.2 Å². The van der Waals surface area contributed by atoms with E-state index in [0.717, 1.165) is 34.2 Å². The number of carbonyl (C=O) groups is 1. The van der Waals surface area contributed by atoms with Gasteiger partial charge in [-0.05, 0) is 37.3 Å². The lowest BCUT2D eigenvalue weighted by Crippen LogP contribution is -2.23. The first-order valence-corrected chi connectivity index (χ1v) is 7.60. The van der Waals surface area contributed by atoms with Gasteiger partial charge in [0.2, 0.25) is 0 Å². The summed E-state index contributed by atoms with van der Waals surface area (Å²) >= 11 is 1.44. The van der Waals surface area contributed by atoms with Gasteiger partial charge in [-0.3, -0.25) is 4.79 Å². The Morgan fingerprint density at radius 2 is 2.37 bits per heavy atom. The first kappa shape index (κ1) is 14.1. The van der Waals surface area contributed by atoms with Crippen molar-refractivity contribution in [2.45, 2.75) is 32.6 Å². The zero-order chi connectivity index (χ0) is 13.7. The van der Waals surface area contributed by atoms with Crippen molar-refractivity contribution < 1.29 is 4.79 Å². The van der Waals surface area contributed by atoms with E-state index < -0.39 is 0 Å². The van der Waals surface area contributed by atoms with Gasteiger partial charge >= 0.3 is 0 Å². The predicted molar refractivity (Wildman–Crippen MR) is 79.3 cm³/mol. The molecule has 19 heavy (non-hydrogen) atoms. The van der Waals surface area contributed by atoms with Crippen LogP contribution in [0.4, 0.5) is 0 Å². The zero-order valence-electron chi connectivity index (χ0n) is 11.3. The molecule has 1 aromatic heterocycles. The van der Waals surface area contributed by atoms with Gasteiger partial charge in [-0.15, -0.1) is 11.3 Å². The highest BCUT2D eigenvalue weighted by atomic mass is 32.1. The van der Waals surface area contributed by atoms with Crippen LogP contribution in [0.3, 0.4) is 0 Å². The van der Waals surface area contributed by atoms with Crippen molar-refractivity contribution in [2.75, 3.05) is 13.1 Å². The fourth-order valence-corrected chi connectivity index (χ4v) is 2.90. The van der Waals surface area contributed by atoms with E-state index in [-0.39, 0.29) is 5.91 Å². The molecule has 4 heteroatoms. The molecule has 1 heterocycles. The summed E-state index contributed by atoms with van der Waals surface area (Å²) < 4.78 is 0. The van der Waals surface area contributed by atoms with Crippen LogP contribution >= 0.6 is 11.3 Å². The van der Waals surface area contributed by atoms with E-state index in [1.807, 2.05) is 13.0 Å². The minimum atomic E-state index is 0.0182. The van der Waals surface area contributed by atoms with Crippen LogP contribution in [0, 0.1) is 24.7 Å². The molecular formula is C15H20N2OS. The van der Waals surface area contributed by atoms with Crippen LogP contribution < -0.4 is 11.1 Å². The second-order valence-electron chi connectivity index (χ2n) is 4.97. The molecule has 0 aliphatic heterocycles. The van der Waals surface area contributed by atoms with Gasteiger partial charge in [-0.25, -0.2) is 0 Å². The summed E-state index contributed by atoms with van der Waals surface area (Å²) in [7, 11) is 0.